The normalized spacial score (nSPS) is 18.4. The standard InChI is InChI=1S/C11H20N2O3/c1-10(2,8(14)15)7-12-9(16)13-11(3)5-4-6-11/h4-7H2,1-3H3,(H,14,15)(H2,12,13,16). The molecule has 0 bridgehead atoms. The van der Waals surface area contributed by atoms with Crippen LogP contribution in [-0.2, 0) is 4.79 Å². The van der Waals surface area contributed by atoms with E-state index >= 15 is 0 Å². The van der Waals surface area contributed by atoms with E-state index in [2.05, 4.69) is 10.6 Å². The van der Waals surface area contributed by atoms with Gasteiger partial charge in [0.15, 0.2) is 0 Å². The minimum absolute atomic E-state index is 0.0998. The number of urea groups is 1. The van der Waals surface area contributed by atoms with Crippen LogP contribution in [0.5, 0.6) is 0 Å². The summed E-state index contributed by atoms with van der Waals surface area (Å²) in [6.45, 7) is 5.30. The molecule has 0 aromatic rings. The Labute approximate surface area is 95.6 Å². The number of carbonyl (C=O) groups excluding carboxylic acids is 1. The van der Waals surface area contributed by atoms with Crippen molar-refractivity contribution in [3.63, 3.8) is 0 Å². The number of hydrogen-bond donors (Lipinski definition) is 3. The third kappa shape index (κ3) is 3.12. The molecular weight excluding hydrogens is 208 g/mol. The van der Waals surface area contributed by atoms with Crippen LogP contribution in [0.3, 0.4) is 0 Å². The lowest BCUT2D eigenvalue weighted by Gasteiger charge is -2.39. The van der Waals surface area contributed by atoms with Gasteiger partial charge in [-0.1, -0.05) is 0 Å². The van der Waals surface area contributed by atoms with Gasteiger partial charge in [0.05, 0.1) is 5.41 Å². The fourth-order valence-corrected chi connectivity index (χ4v) is 1.53. The van der Waals surface area contributed by atoms with E-state index in [1.54, 1.807) is 13.8 Å². The van der Waals surface area contributed by atoms with Crippen molar-refractivity contribution in [2.24, 2.45) is 5.41 Å². The van der Waals surface area contributed by atoms with Gasteiger partial charge in [-0.2, -0.15) is 0 Å². The highest BCUT2D eigenvalue weighted by molar-refractivity contribution is 5.78. The summed E-state index contributed by atoms with van der Waals surface area (Å²) >= 11 is 0. The summed E-state index contributed by atoms with van der Waals surface area (Å²) in [4.78, 5) is 22.3. The van der Waals surface area contributed by atoms with Gasteiger partial charge in [0, 0.05) is 12.1 Å². The Morgan fingerprint density at radius 2 is 1.94 bits per heavy atom. The maximum atomic E-state index is 11.5. The number of amides is 2. The van der Waals surface area contributed by atoms with Crippen molar-refractivity contribution in [1.82, 2.24) is 10.6 Å². The molecule has 1 saturated carbocycles. The van der Waals surface area contributed by atoms with Crippen LogP contribution in [0.1, 0.15) is 40.0 Å². The number of rotatable bonds is 4. The number of aliphatic carboxylic acids is 1. The smallest absolute Gasteiger partial charge is 0.315 e. The average molecular weight is 228 g/mol. The first-order chi connectivity index (χ1) is 7.25. The molecule has 0 radical (unpaired) electrons. The highest BCUT2D eigenvalue weighted by Gasteiger charge is 2.34. The fraction of sp³-hybridized carbons (Fsp3) is 0.818. The van der Waals surface area contributed by atoms with Crippen LogP contribution < -0.4 is 10.6 Å². The average Bonchev–Trinajstić information content (AvgIpc) is 2.12. The highest BCUT2D eigenvalue weighted by atomic mass is 16.4. The zero-order chi connectivity index (χ0) is 12.4. The maximum absolute atomic E-state index is 11.5. The Balaban J connectivity index is 2.32. The molecule has 0 aromatic carbocycles. The Hall–Kier alpha value is -1.26. The molecule has 0 saturated heterocycles. The number of carbonyl (C=O) groups is 2. The van der Waals surface area contributed by atoms with Crippen LogP contribution in [0.4, 0.5) is 4.79 Å². The van der Waals surface area contributed by atoms with Gasteiger partial charge in [0.2, 0.25) is 0 Å². The summed E-state index contributed by atoms with van der Waals surface area (Å²) in [6.07, 6.45) is 3.11. The van der Waals surface area contributed by atoms with Crippen molar-refractivity contribution in [1.29, 1.82) is 0 Å². The summed E-state index contributed by atoms with van der Waals surface area (Å²) < 4.78 is 0. The van der Waals surface area contributed by atoms with Gasteiger partial charge in [0.1, 0.15) is 0 Å². The van der Waals surface area contributed by atoms with Gasteiger partial charge in [-0.25, -0.2) is 4.79 Å². The third-order valence-electron chi connectivity index (χ3n) is 3.14. The van der Waals surface area contributed by atoms with Gasteiger partial charge < -0.3 is 15.7 Å². The number of carboxylic acids is 1. The Kier molecular flexibility index (Phi) is 3.45. The summed E-state index contributed by atoms with van der Waals surface area (Å²) in [7, 11) is 0. The van der Waals surface area contributed by atoms with E-state index in [0.29, 0.717) is 0 Å². The van der Waals surface area contributed by atoms with Gasteiger partial charge in [0.25, 0.3) is 0 Å². The van der Waals surface area contributed by atoms with Crippen molar-refractivity contribution in [3.8, 4) is 0 Å². The van der Waals surface area contributed by atoms with Crippen molar-refractivity contribution >= 4 is 12.0 Å². The lowest BCUT2D eigenvalue weighted by Crippen LogP contribution is -2.55. The Morgan fingerprint density at radius 3 is 2.31 bits per heavy atom. The molecule has 2 amide bonds. The van der Waals surface area contributed by atoms with Crippen LogP contribution in [0.2, 0.25) is 0 Å². The molecule has 0 unspecified atom stereocenters. The molecule has 0 aromatic heterocycles. The van der Waals surface area contributed by atoms with Crippen molar-refractivity contribution in [3.05, 3.63) is 0 Å². The molecule has 5 heteroatoms. The van der Waals surface area contributed by atoms with E-state index in [0.717, 1.165) is 19.3 Å². The fourth-order valence-electron chi connectivity index (χ4n) is 1.53. The molecule has 0 spiro atoms. The zero-order valence-corrected chi connectivity index (χ0v) is 10.1. The number of hydrogen-bond acceptors (Lipinski definition) is 2. The Morgan fingerprint density at radius 1 is 1.38 bits per heavy atom. The lowest BCUT2D eigenvalue weighted by atomic mass is 9.79. The summed E-state index contributed by atoms with van der Waals surface area (Å²) in [5, 5.41) is 14.3. The molecule has 92 valence electrons. The molecule has 0 heterocycles. The highest BCUT2D eigenvalue weighted by Crippen LogP contribution is 2.30. The van der Waals surface area contributed by atoms with Crippen LogP contribution >= 0.6 is 0 Å². The molecule has 16 heavy (non-hydrogen) atoms. The zero-order valence-electron chi connectivity index (χ0n) is 10.1. The van der Waals surface area contributed by atoms with Gasteiger partial charge in [-0.3, -0.25) is 4.79 Å². The molecular formula is C11H20N2O3. The van der Waals surface area contributed by atoms with E-state index < -0.39 is 11.4 Å². The molecule has 1 fully saturated rings. The van der Waals surface area contributed by atoms with Crippen molar-refractivity contribution in [2.75, 3.05) is 6.54 Å². The van der Waals surface area contributed by atoms with Crippen LogP contribution in [0.25, 0.3) is 0 Å². The first kappa shape index (κ1) is 12.8. The second-order valence-corrected chi connectivity index (χ2v) is 5.41. The number of nitrogens with one attached hydrogen (secondary N) is 2. The molecule has 1 rings (SSSR count). The summed E-state index contributed by atoms with van der Waals surface area (Å²) in [5.41, 5.74) is -1.03. The van der Waals surface area contributed by atoms with Crippen molar-refractivity contribution in [2.45, 2.75) is 45.6 Å². The first-order valence-corrected chi connectivity index (χ1v) is 5.55. The van der Waals surface area contributed by atoms with E-state index in [-0.39, 0.29) is 18.1 Å². The predicted octanol–water partition coefficient (Wildman–Crippen LogP) is 1.34. The van der Waals surface area contributed by atoms with Gasteiger partial charge in [-0.15, -0.1) is 0 Å². The quantitative estimate of drug-likeness (QED) is 0.679. The van der Waals surface area contributed by atoms with Crippen molar-refractivity contribution < 1.29 is 14.7 Å². The SMILES string of the molecule is CC1(NC(=O)NCC(C)(C)C(=O)O)CCC1. The largest absolute Gasteiger partial charge is 0.481 e. The molecule has 3 N–H and O–H groups in total. The molecule has 5 nitrogen and oxygen atoms in total. The maximum Gasteiger partial charge on any atom is 0.315 e. The van der Waals surface area contributed by atoms with E-state index in [4.69, 9.17) is 5.11 Å². The molecule has 1 aliphatic rings. The van der Waals surface area contributed by atoms with Gasteiger partial charge in [-0.05, 0) is 40.0 Å². The summed E-state index contributed by atoms with van der Waals surface area (Å²) in [5.74, 6) is -0.914. The van der Waals surface area contributed by atoms with Crippen LogP contribution in [0.15, 0.2) is 0 Å². The van der Waals surface area contributed by atoms with E-state index in [1.165, 1.54) is 0 Å². The van der Waals surface area contributed by atoms with E-state index in [9.17, 15) is 9.59 Å². The third-order valence-corrected chi connectivity index (χ3v) is 3.14. The Bertz CT molecular complexity index is 296. The minimum Gasteiger partial charge on any atom is -0.481 e. The van der Waals surface area contributed by atoms with Gasteiger partial charge >= 0.3 is 12.0 Å². The summed E-state index contributed by atoms with van der Waals surface area (Å²) in [6, 6.07) is -0.281. The lowest BCUT2D eigenvalue weighted by molar-refractivity contribution is -0.146. The monoisotopic (exact) mass is 228 g/mol. The minimum atomic E-state index is -0.933. The molecule has 1 aliphatic carbocycles. The van der Waals surface area contributed by atoms with E-state index in [1.807, 2.05) is 6.92 Å². The number of carboxylic acid groups (broad SMARTS) is 1. The molecule has 0 aliphatic heterocycles. The topological polar surface area (TPSA) is 78.4 Å². The second-order valence-electron chi connectivity index (χ2n) is 5.41. The second kappa shape index (κ2) is 4.31. The van der Waals surface area contributed by atoms with Crippen LogP contribution in [0, 0.1) is 5.41 Å². The predicted molar refractivity (Wildman–Crippen MR) is 60.2 cm³/mol. The molecule has 0 atom stereocenters. The van der Waals surface area contributed by atoms with Crippen LogP contribution in [-0.4, -0.2) is 29.2 Å². The first-order valence-electron chi connectivity index (χ1n) is 5.55.